The molecule has 0 fully saturated rings. The van der Waals surface area contributed by atoms with E-state index in [1.807, 2.05) is 29.1 Å². The van der Waals surface area contributed by atoms with E-state index in [1.165, 1.54) is 11.3 Å². The molecule has 0 unspecified atom stereocenters. The van der Waals surface area contributed by atoms with E-state index in [4.69, 9.17) is 4.74 Å². The Bertz CT molecular complexity index is 739. The topological polar surface area (TPSA) is 69.0 Å². The van der Waals surface area contributed by atoms with E-state index in [0.29, 0.717) is 31.9 Å². The van der Waals surface area contributed by atoms with Gasteiger partial charge in [-0.25, -0.2) is 4.98 Å². The van der Waals surface area contributed by atoms with Crippen molar-refractivity contribution in [2.24, 2.45) is 0 Å². The Labute approximate surface area is 131 Å². The van der Waals surface area contributed by atoms with Crippen molar-refractivity contribution in [2.45, 2.75) is 6.54 Å². The highest BCUT2D eigenvalue weighted by atomic mass is 32.1. The third kappa shape index (κ3) is 3.69. The van der Waals surface area contributed by atoms with E-state index >= 15 is 0 Å². The molecular weight excluding hydrogens is 300 g/mol. The van der Waals surface area contributed by atoms with Crippen molar-refractivity contribution in [3.8, 4) is 0 Å². The van der Waals surface area contributed by atoms with E-state index in [-0.39, 0.29) is 5.91 Å². The summed E-state index contributed by atoms with van der Waals surface area (Å²) in [5.74, 6) is -0.0917. The quantitative estimate of drug-likeness (QED) is 0.676. The number of benzene rings is 1. The van der Waals surface area contributed by atoms with Gasteiger partial charge in [0.15, 0.2) is 0 Å². The molecule has 0 radical (unpaired) electrons. The second-order valence-electron chi connectivity index (χ2n) is 4.67. The molecule has 0 aliphatic rings. The van der Waals surface area contributed by atoms with Crippen LogP contribution < -0.4 is 5.32 Å². The molecule has 0 spiro atoms. The smallest absolute Gasteiger partial charge is 0.251 e. The van der Waals surface area contributed by atoms with Crippen LogP contribution in [-0.4, -0.2) is 40.4 Å². The van der Waals surface area contributed by atoms with Crippen LogP contribution >= 0.6 is 11.3 Å². The molecule has 7 heteroatoms. The maximum Gasteiger partial charge on any atom is 0.251 e. The summed E-state index contributed by atoms with van der Waals surface area (Å²) >= 11 is 1.53. The molecule has 0 bridgehead atoms. The Balaban J connectivity index is 1.38. The van der Waals surface area contributed by atoms with Gasteiger partial charge in [0, 0.05) is 24.5 Å². The highest BCUT2D eigenvalue weighted by Gasteiger charge is 2.06. The van der Waals surface area contributed by atoms with Crippen LogP contribution in [0, 0.1) is 0 Å². The molecule has 0 saturated carbocycles. The number of thiazole rings is 1. The number of aromatic nitrogens is 3. The second kappa shape index (κ2) is 7.15. The minimum absolute atomic E-state index is 0.0917. The second-order valence-corrected chi connectivity index (χ2v) is 5.56. The summed E-state index contributed by atoms with van der Waals surface area (Å²) in [4.78, 5) is 16.2. The standard InChI is InChI=1S/C15H16N4O2S/c20-15(12-2-3-13-14(10-12)22-11-17-13)16-5-8-21-9-7-19-6-1-4-18-19/h1-4,6,10-11H,5,7-9H2,(H,16,20). The summed E-state index contributed by atoms with van der Waals surface area (Å²) in [5.41, 5.74) is 3.34. The summed E-state index contributed by atoms with van der Waals surface area (Å²) in [7, 11) is 0. The zero-order valence-electron chi connectivity index (χ0n) is 11.9. The van der Waals surface area contributed by atoms with Crippen molar-refractivity contribution in [3.05, 3.63) is 47.7 Å². The summed E-state index contributed by atoms with van der Waals surface area (Å²) in [6.45, 7) is 2.25. The molecule has 6 nitrogen and oxygen atoms in total. The van der Waals surface area contributed by atoms with Crippen LogP contribution in [0.5, 0.6) is 0 Å². The van der Waals surface area contributed by atoms with Gasteiger partial charge in [-0.3, -0.25) is 9.48 Å². The zero-order chi connectivity index (χ0) is 15.2. The highest BCUT2D eigenvalue weighted by Crippen LogP contribution is 2.18. The third-order valence-corrected chi connectivity index (χ3v) is 3.94. The molecule has 0 aliphatic heterocycles. The van der Waals surface area contributed by atoms with Gasteiger partial charge in [0.1, 0.15) is 0 Å². The molecule has 3 aromatic rings. The number of carbonyl (C=O) groups excluding carboxylic acids is 1. The van der Waals surface area contributed by atoms with Crippen molar-refractivity contribution >= 4 is 27.5 Å². The first-order valence-corrected chi connectivity index (χ1v) is 7.87. The molecule has 1 amide bonds. The van der Waals surface area contributed by atoms with Gasteiger partial charge in [0.25, 0.3) is 5.91 Å². The Hall–Kier alpha value is -2.25. The maximum atomic E-state index is 12.0. The minimum atomic E-state index is -0.0917. The van der Waals surface area contributed by atoms with Gasteiger partial charge < -0.3 is 10.1 Å². The molecule has 0 aliphatic carbocycles. The number of ether oxygens (including phenoxy) is 1. The average molecular weight is 316 g/mol. The lowest BCUT2D eigenvalue weighted by molar-refractivity contribution is 0.0906. The van der Waals surface area contributed by atoms with Crippen LogP contribution in [0.15, 0.2) is 42.2 Å². The monoisotopic (exact) mass is 316 g/mol. The fourth-order valence-electron chi connectivity index (χ4n) is 2.03. The molecular formula is C15H16N4O2S. The molecule has 0 saturated heterocycles. The van der Waals surface area contributed by atoms with Crippen molar-refractivity contribution in [1.29, 1.82) is 0 Å². The van der Waals surface area contributed by atoms with Crippen LogP contribution in [-0.2, 0) is 11.3 Å². The molecule has 22 heavy (non-hydrogen) atoms. The van der Waals surface area contributed by atoms with Gasteiger partial charge in [0.2, 0.25) is 0 Å². The normalized spacial score (nSPS) is 10.9. The summed E-state index contributed by atoms with van der Waals surface area (Å²) < 4.78 is 8.29. The minimum Gasteiger partial charge on any atom is -0.378 e. The first kappa shape index (κ1) is 14.7. The van der Waals surface area contributed by atoms with E-state index in [2.05, 4.69) is 15.4 Å². The Morgan fingerprint density at radius 1 is 1.36 bits per heavy atom. The maximum absolute atomic E-state index is 12.0. The predicted molar refractivity (Wildman–Crippen MR) is 85.0 cm³/mol. The average Bonchev–Trinajstić information content (AvgIpc) is 3.20. The molecule has 1 aromatic carbocycles. The van der Waals surface area contributed by atoms with Crippen LogP contribution in [0.3, 0.4) is 0 Å². The fraction of sp³-hybridized carbons (Fsp3) is 0.267. The SMILES string of the molecule is O=C(NCCOCCn1cccn1)c1ccc2ncsc2c1. The number of hydrogen-bond donors (Lipinski definition) is 1. The van der Waals surface area contributed by atoms with Crippen LogP contribution in [0.2, 0.25) is 0 Å². The molecule has 1 N–H and O–H groups in total. The number of fused-ring (bicyclic) bond motifs is 1. The van der Waals surface area contributed by atoms with Crippen LogP contribution in [0.4, 0.5) is 0 Å². The zero-order valence-corrected chi connectivity index (χ0v) is 12.8. The van der Waals surface area contributed by atoms with Crippen molar-refractivity contribution in [1.82, 2.24) is 20.1 Å². The third-order valence-electron chi connectivity index (χ3n) is 3.15. The van der Waals surface area contributed by atoms with Gasteiger partial charge in [-0.2, -0.15) is 5.10 Å². The van der Waals surface area contributed by atoms with Crippen LogP contribution in [0.25, 0.3) is 10.2 Å². The van der Waals surface area contributed by atoms with Crippen molar-refractivity contribution in [3.63, 3.8) is 0 Å². The summed E-state index contributed by atoms with van der Waals surface area (Å²) in [6.07, 6.45) is 3.63. The molecule has 3 rings (SSSR count). The Morgan fingerprint density at radius 3 is 3.18 bits per heavy atom. The number of rotatable bonds is 7. The highest BCUT2D eigenvalue weighted by molar-refractivity contribution is 7.16. The van der Waals surface area contributed by atoms with Gasteiger partial charge in [-0.1, -0.05) is 0 Å². The number of carbonyl (C=O) groups is 1. The summed E-state index contributed by atoms with van der Waals surface area (Å²) in [5, 5.41) is 6.93. The van der Waals surface area contributed by atoms with Crippen LogP contribution in [0.1, 0.15) is 10.4 Å². The lowest BCUT2D eigenvalue weighted by Gasteiger charge is -2.07. The van der Waals surface area contributed by atoms with E-state index in [1.54, 1.807) is 17.8 Å². The first-order valence-electron chi connectivity index (χ1n) is 6.99. The van der Waals surface area contributed by atoms with Gasteiger partial charge in [-0.05, 0) is 24.3 Å². The lowest BCUT2D eigenvalue weighted by Crippen LogP contribution is -2.27. The number of nitrogens with zero attached hydrogens (tertiary/aromatic N) is 3. The molecule has 114 valence electrons. The Kier molecular flexibility index (Phi) is 4.77. The number of amides is 1. The molecule has 2 aromatic heterocycles. The van der Waals surface area contributed by atoms with E-state index in [9.17, 15) is 4.79 Å². The molecule has 2 heterocycles. The predicted octanol–water partition coefficient (Wildman–Crippen LogP) is 1.94. The number of hydrogen-bond acceptors (Lipinski definition) is 5. The van der Waals surface area contributed by atoms with Gasteiger partial charge in [0.05, 0.1) is 35.5 Å². The molecule has 0 atom stereocenters. The van der Waals surface area contributed by atoms with E-state index < -0.39 is 0 Å². The Morgan fingerprint density at radius 2 is 2.32 bits per heavy atom. The fourth-order valence-corrected chi connectivity index (χ4v) is 2.74. The first-order chi connectivity index (χ1) is 10.8. The van der Waals surface area contributed by atoms with Gasteiger partial charge >= 0.3 is 0 Å². The largest absolute Gasteiger partial charge is 0.378 e. The van der Waals surface area contributed by atoms with Gasteiger partial charge in [-0.15, -0.1) is 11.3 Å². The van der Waals surface area contributed by atoms with Crippen molar-refractivity contribution < 1.29 is 9.53 Å². The lowest BCUT2D eigenvalue weighted by atomic mass is 10.2. The number of nitrogens with one attached hydrogen (secondary N) is 1. The van der Waals surface area contributed by atoms with Crippen molar-refractivity contribution in [2.75, 3.05) is 19.8 Å². The van der Waals surface area contributed by atoms with E-state index in [0.717, 1.165) is 10.2 Å². The summed E-state index contributed by atoms with van der Waals surface area (Å²) in [6, 6.07) is 7.39.